The van der Waals surface area contributed by atoms with E-state index in [0.29, 0.717) is 23.7 Å². The fourth-order valence-corrected chi connectivity index (χ4v) is 1.89. The molecule has 6 heteroatoms. The largest absolute Gasteiger partial charge is 0.487 e. The molecule has 0 fully saturated rings. The molecule has 2 aromatic rings. The SMILES string of the molecule is Cc1cc(C#N)cc(C)c1OCc1cnc(NN)cn1. The second-order valence-corrected chi connectivity index (χ2v) is 4.38. The Morgan fingerprint density at radius 3 is 2.45 bits per heavy atom. The molecule has 0 aliphatic rings. The Balaban J connectivity index is 2.12. The molecule has 0 saturated carbocycles. The van der Waals surface area contributed by atoms with E-state index in [4.69, 9.17) is 15.8 Å². The van der Waals surface area contributed by atoms with Gasteiger partial charge in [-0.05, 0) is 37.1 Å². The van der Waals surface area contributed by atoms with E-state index in [1.807, 2.05) is 13.8 Å². The highest BCUT2D eigenvalue weighted by Gasteiger charge is 2.07. The zero-order chi connectivity index (χ0) is 14.5. The lowest BCUT2D eigenvalue weighted by Crippen LogP contribution is -2.09. The summed E-state index contributed by atoms with van der Waals surface area (Å²) in [5.74, 6) is 6.49. The van der Waals surface area contributed by atoms with Gasteiger partial charge in [0.2, 0.25) is 0 Å². The summed E-state index contributed by atoms with van der Waals surface area (Å²) in [4.78, 5) is 8.24. The fraction of sp³-hybridized carbons (Fsp3) is 0.214. The third-order valence-corrected chi connectivity index (χ3v) is 2.81. The van der Waals surface area contributed by atoms with Crippen LogP contribution in [0.3, 0.4) is 0 Å². The molecule has 0 radical (unpaired) electrons. The topological polar surface area (TPSA) is 96.8 Å². The number of aromatic nitrogens is 2. The molecule has 3 N–H and O–H groups in total. The molecule has 0 amide bonds. The van der Waals surface area contributed by atoms with Crippen LogP contribution in [0.2, 0.25) is 0 Å². The lowest BCUT2D eigenvalue weighted by molar-refractivity contribution is 0.296. The van der Waals surface area contributed by atoms with Crippen molar-refractivity contribution in [2.24, 2.45) is 5.84 Å². The molecule has 0 aliphatic heterocycles. The van der Waals surface area contributed by atoms with Crippen LogP contribution in [0, 0.1) is 25.2 Å². The molecule has 20 heavy (non-hydrogen) atoms. The van der Waals surface area contributed by atoms with Gasteiger partial charge in [0, 0.05) is 0 Å². The molecule has 0 spiro atoms. The quantitative estimate of drug-likeness (QED) is 0.649. The Kier molecular flexibility index (Phi) is 4.13. The molecule has 0 atom stereocenters. The Labute approximate surface area is 117 Å². The van der Waals surface area contributed by atoms with Crippen molar-refractivity contribution in [2.45, 2.75) is 20.5 Å². The molecule has 1 aromatic carbocycles. The molecule has 0 aliphatic carbocycles. The van der Waals surface area contributed by atoms with Gasteiger partial charge >= 0.3 is 0 Å². The van der Waals surface area contributed by atoms with Crippen LogP contribution in [0.4, 0.5) is 5.82 Å². The van der Waals surface area contributed by atoms with Gasteiger partial charge in [-0.3, -0.25) is 4.98 Å². The number of aryl methyl sites for hydroxylation is 2. The summed E-state index contributed by atoms with van der Waals surface area (Å²) in [6, 6.07) is 5.73. The van der Waals surface area contributed by atoms with Crippen molar-refractivity contribution < 1.29 is 4.74 Å². The van der Waals surface area contributed by atoms with Gasteiger partial charge in [0.1, 0.15) is 12.4 Å². The van der Waals surface area contributed by atoms with Crippen molar-refractivity contribution in [1.29, 1.82) is 5.26 Å². The van der Waals surface area contributed by atoms with Crippen LogP contribution in [0.5, 0.6) is 5.75 Å². The van der Waals surface area contributed by atoms with Crippen LogP contribution in [0.15, 0.2) is 24.5 Å². The first kappa shape index (κ1) is 13.8. The second-order valence-electron chi connectivity index (χ2n) is 4.38. The average molecular weight is 269 g/mol. The predicted molar refractivity (Wildman–Crippen MR) is 74.8 cm³/mol. The summed E-state index contributed by atoms with van der Waals surface area (Å²) < 4.78 is 5.76. The van der Waals surface area contributed by atoms with E-state index >= 15 is 0 Å². The lowest BCUT2D eigenvalue weighted by atomic mass is 10.1. The van der Waals surface area contributed by atoms with E-state index in [1.54, 1.807) is 18.3 Å². The van der Waals surface area contributed by atoms with Crippen LogP contribution < -0.4 is 16.0 Å². The smallest absolute Gasteiger partial charge is 0.158 e. The van der Waals surface area contributed by atoms with Gasteiger partial charge in [0.15, 0.2) is 5.82 Å². The first-order valence-corrected chi connectivity index (χ1v) is 6.05. The molecule has 0 bridgehead atoms. The van der Waals surface area contributed by atoms with Crippen molar-refractivity contribution in [1.82, 2.24) is 9.97 Å². The number of nitrogens with two attached hydrogens (primary N) is 1. The first-order chi connectivity index (χ1) is 9.63. The zero-order valence-corrected chi connectivity index (χ0v) is 11.3. The minimum absolute atomic E-state index is 0.311. The number of nitriles is 1. The summed E-state index contributed by atoms with van der Waals surface area (Å²) in [7, 11) is 0. The second kappa shape index (κ2) is 5.99. The van der Waals surface area contributed by atoms with E-state index in [9.17, 15) is 0 Å². The minimum Gasteiger partial charge on any atom is -0.487 e. The van der Waals surface area contributed by atoms with Crippen LogP contribution in [-0.2, 0) is 6.61 Å². The van der Waals surface area contributed by atoms with Crippen LogP contribution >= 0.6 is 0 Å². The summed E-state index contributed by atoms with van der Waals surface area (Å²) in [5.41, 5.74) is 5.60. The number of anilines is 1. The van der Waals surface area contributed by atoms with Crippen LogP contribution in [0.1, 0.15) is 22.4 Å². The first-order valence-electron chi connectivity index (χ1n) is 6.05. The summed E-state index contributed by atoms with van der Waals surface area (Å²) in [5, 5.41) is 8.91. The number of benzene rings is 1. The van der Waals surface area contributed by atoms with E-state index in [0.717, 1.165) is 16.9 Å². The Morgan fingerprint density at radius 2 is 1.95 bits per heavy atom. The van der Waals surface area contributed by atoms with E-state index in [2.05, 4.69) is 21.5 Å². The van der Waals surface area contributed by atoms with Gasteiger partial charge in [-0.25, -0.2) is 10.8 Å². The predicted octanol–water partition coefficient (Wildman–Crippen LogP) is 1.83. The standard InChI is InChI=1S/C14H15N5O/c1-9-3-11(5-15)4-10(2)14(9)20-8-12-6-18-13(19-16)7-17-12/h3-4,6-7H,8,16H2,1-2H3,(H,18,19). The Hall–Kier alpha value is -2.65. The van der Waals surface area contributed by atoms with Crippen LogP contribution in [0.25, 0.3) is 0 Å². The number of nitrogens with zero attached hydrogens (tertiary/aromatic N) is 3. The third kappa shape index (κ3) is 3.02. The molecular formula is C14H15N5O. The summed E-state index contributed by atoms with van der Waals surface area (Å²) in [6.45, 7) is 4.14. The van der Waals surface area contributed by atoms with E-state index < -0.39 is 0 Å². The molecule has 0 unspecified atom stereocenters. The maximum Gasteiger partial charge on any atom is 0.158 e. The molecular weight excluding hydrogens is 254 g/mol. The molecule has 1 aromatic heterocycles. The van der Waals surface area contributed by atoms with Gasteiger partial charge in [-0.1, -0.05) is 0 Å². The molecule has 2 rings (SSSR count). The number of hydrogen-bond donors (Lipinski definition) is 2. The van der Waals surface area contributed by atoms with Crippen molar-refractivity contribution in [3.8, 4) is 11.8 Å². The van der Waals surface area contributed by atoms with Crippen LogP contribution in [-0.4, -0.2) is 9.97 Å². The monoisotopic (exact) mass is 269 g/mol. The minimum atomic E-state index is 0.311. The Morgan fingerprint density at radius 1 is 1.25 bits per heavy atom. The van der Waals surface area contributed by atoms with Gasteiger partial charge < -0.3 is 10.2 Å². The Bertz CT molecular complexity index is 623. The molecule has 102 valence electrons. The van der Waals surface area contributed by atoms with Gasteiger partial charge in [0.05, 0.1) is 29.7 Å². The highest BCUT2D eigenvalue weighted by molar-refractivity contribution is 5.47. The average Bonchev–Trinajstić information content (AvgIpc) is 2.46. The number of nitrogen functional groups attached to an aromatic ring is 1. The fourth-order valence-electron chi connectivity index (χ4n) is 1.89. The van der Waals surface area contributed by atoms with Crippen molar-refractivity contribution in [3.63, 3.8) is 0 Å². The summed E-state index contributed by atoms with van der Waals surface area (Å²) in [6.07, 6.45) is 3.14. The number of hydrazine groups is 1. The molecule has 0 saturated heterocycles. The highest BCUT2D eigenvalue weighted by atomic mass is 16.5. The number of rotatable bonds is 4. The maximum absolute atomic E-state index is 8.91. The summed E-state index contributed by atoms with van der Waals surface area (Å²) >= 11 is 0. The van der Waals surface area contributed by atoms with E-state index in [1.165, 1.54) is 6.20 Å². The normalized spacial score (nSPS) is 9.90. The maximum atomic E-state index is 8.91. The van der Waals surface area contributed by atoms with Gasteiger partial charge in [-0.2, -0.15) is 5.26 Å². The van der Waals surface area contributed by atoms with E-state index in [-0.39, 0.29) is 0 Å². The van der Waals surface area contributed by atoms with Gasteiger partial charge in [-0.15, -0.1) is 0 Å². The highest BCUT2D eigenvalue weighted by Crippen LogP contribution is 2.25. The van der Waals surface area contributed by atoms with Crippen molar-refractivity contribution in [3.05, 3.63) is 46.9 Å². The lowest BCUT2D eigenvalue weighted by Gasteiger charge is -2.12. The van der Waals surface area contributed by atoms with Crippen molar-refractivity contribution in [2.75, 3.05) is 5.43 Å². The number of nitrogens with one attached hydrogen (secondary N) is 1. The van der Waals surface area contributed by atoms with Crippen molar-refractivity contribution >= 4 is 5.82 Å². The third-order valence-electron chi connectivity index (χ3n) is 2.81. The molecule has 1 heterocycles. The number of hydrogen-bond acceptors (Lipinski definition) is 6. The zero-order valence-electron chi connectivity index (χ0n) is 11.3. The molecule has 6 nitrogen and oxygen atoms in total. The number of ether oxygens (including phenoxy) is 1. The van der Waals surface area contributed by atoms with Gasteiger partial charge in [0.25, 0.3) is 0 Å².